The first-order valence-corrected chi connectivity index (χ1v) is 7.60. The van der Waals surface area contributed by atoms with E-state index in [0.717, 1.165) is 36.1 Å². The van der Waals surface area contributed by atoms with Gasteiger partial charge in [-0.05, 0) is 11.4 Å². The van der Waals surface area contributed by atoms with Gasteiger partial charge in [0.1, 0.15) is 10.7 Å². The number of carbonyl (C=O) groups is 1. The molecule has 4 nitrogen and oxygen atoms in total. The minimum atomic E-state index is 0. The minimum Gasteiger partial charge on any atom is -0.335 e. The second-order valence-corrected chi connectivity index (χ2v) is 5.86. The number of carbonyl (C=O) groups excluding carboxylic acids is 1. The highest BCUT2D eigenvalue weighted by atomic mass is 35.5. The molecule has 0 bridgehead atoms. The van der Waals surface area contributed by atoms with Crippen molar-refractivity contribution < 1.29 is 4.79 Å². The van der Waals surface area contributed by atoms with E-state index in [2.05, 4.69) is 10.3 Å². The molecule has 0 saturated carbocycles. The summed E-state index contributed by atoms with van der Waals surface area (Å²) in [7, 11) is 0. The Labute approximate surface area is 125 Å². The van der Waals surface area contributed by atoms with Crippen LogP contribution in [-0.4, -0.2) is 42.0 Å². The molecule has 102 valence electrons. The predicted octanol–water partition coefficient (Wildman–Crippen LogP) is 2.34. The maximum atomic E-state index is 12.2. The average Bonchev–Trinajstić information content (AvgIpc) is 3.09. The van der Waals surface area contributed by atoms with E-state index >= 15 is 0 Å². The Bertz CT molecular complexity index is 535. The average molecular weight is 316 g/mol. The predicted molar refractivity (Wildman–Crippen MR) is 81.4 cm³/mol. The number of halogens is 1. The van der Waals surface area contributed by atoms with Crippen LogP contribution < -0.4 is 5.32 Å². The number of thiophene rings is 1. The van der Waals surface area contributed by atoms with E-state index in [-0.39, 0.29) is 18.3 Å². The molecule has 0 aliphatic carbocycles. The van der Waals surface area contributed by atoms with Gasteiger partial charge in [-0.25, -0.2) is 4.98 Å². The number of nitrogens with zero attached hydrogens (tertiary/aromatic N) is 2. The molecule has 0 spiro atoms. The SMILES string of the molecule is Cl.O=C(c1csc(-c2cccs2)n1)N1CCNCC1. The molecule has 0 unspecified atom stereocenters. The summed E-state index contributed by atoms with van der Waals surface area (Å²) in [5.74, 6) is 0.0514. The van der Waals surface area contributed by atoms with Gasteiger partial charge in [-0.15, -0.1) is 35.1 Å². The van der Waals surface area contributed by atoms with Crippen molar-refractivity contribution in [3.8, 4) is 9.88 Å². The fourth-order valence-corrected chi connectivity index (χ4v) is 3.52. The first-order valence-electron chi connectivity index (χ1n) is 5.84. The van der Waals surface area contributed by atoms with Gasteiger partial charge in [0.2, 0.25) is 0 Å². The highest BCUT2D eigenvalue weighted by Crippen LogP contribution is 2.28. The van der Waals surface area contributed by atoms with E-state index in [1.165, 1.54) is 11.3 Å². The molecule has 1 saturated heterocycles. The lowest BCUT2D eigenvalue weighted by Gasteiger charge is -2.26. The third kappa shape index (κ3) is 3.14. The van der Waals surface area contributed by atoms with Gasteiger partial charge in [-0.1, -0.05) is 6.07 Å². The van der Waals surface area contributed by atoms with Crippen LogP contribution in [0, 0.1) is 0 Å². The Kier molecular flexibility index (Phi) is 4.93. The zero-order chi connectivity index (χ0) is 12.4. The largest absolute Gasteiger partial charge is 0.335 e. The molecule has 3 rings (SSSR count). The second kappa shape index (κ2) is 6.47. The van der Waals surface area contributed by atoms with Crippen molar-refractivity contribution in [3.63, 3.8) is 0 Å². The van der Waals surface area contributed by atoms with Crippen molar-refractivity contribution in [2.24, 2.45) is 0 Å². The second-order valence-electron chi connectivity index (χ2n) is 4.06. The van der Waals surface area contributed by atoms with Crippen molar-refractivity contribution in [1.29, 1.82) is 0 Å². The van der Waals surface area contributed by atoms with Crippen LogP contribution in [0.5, 0.6) is 0 Å². The van der Waals surface area contributed by atoms with Gasteiger partial charge >= 0.3 is 0 Å². The number of hydrogen-bond acceptors (Lipinski definition) is 5. The van der Waals surface area contributed by atoms with E-state index in [0.29, 0.717) is 5.69 Å². The van der Waals surface area contributed by atoms with Crippen molar-refractivity contribution in [2.75, 3.05) is 26.2 Å². The Hall–Kier alpha value is -0.950. The molecule has 2 aromatic rings. The fourth-order valence-electron chi connectivity index (χ4n) is 1.92. The third-order valence-corrected chi connectivity index (χ3v) is 4.74. The third-order valence-electron chi connectivity index (χ3n) is 2.86. The van der Waals surface area contributed by atoms with Gasteiger partial charge in [0, 0.05) is 31.6 Å². The number of hydrogen-bond donors (Lipinski definition) is 1. The fraction of sp³-hybridized carbons (Fsp3) is 0.333. The van der Waals surface area contributed by atoms with Gasteiger partial charge in [-0.3, -0.25) is 4.79 Å². The van der Waals surface area contributed by atoms with Crippen LogP contribution in [0.4, 0.5) is 0 Å². The molecular weight excluding hydrogens is 302 g/mol. The van der Waals surface area contributed by atoms with Crippen LogP contribution in [0.3, 0.4) is 0 Å². The molecule has 2 aromatic heterocycles. The number of thiazole rings is 1. The lowest BCUT2D eigenvalue weighted by atomic mass is 10.3. The number of rotatable bonds is 2. The summed E-state index contributed by atoms with van der Waals surface area (Å²) in [5, 5.41) is 8.06. The van der Waals surface area contributed by atoms with E-state index in [9.17, 15) is 4.79 Å². The highest BCUT2D eigenvalue weighted by Gasteiger charge is 2.20. The monoisotopic (exact) mass is 315 g/mol. The molecule has 3 heterocycles. The maximum Gasteiger partial charge on any atom is 0.273 e. The quantitative estimate of drug-likeness (QED) is 0.925. The smallest absolute Gasteiger partial charge is 0.273 e. The Morgan fingerprint density at radius 2 is 2.11 bits per heavy atom. The van der Waals surface area contributed by atoms with Gasteiger partial charge in [0.05, 0.1) is 4.88 Å². The zero-order valence-electron chi connectivity index (χ0n) is 10.2. The van der Waals surface area contributed by atoms with Gasteiger partial charge in [0.25, 0.3) is 5.91 Å². The summed E-state index contributed by atoms with van der Waals surface area (Å²) in [4.78, 5) is 19.7. The van der Waals surface area contributed by atoms with E-state index in [1.54, 1.807) is 11.3 Å². The molecule has 0 aromatic carbocycles. The number of amides is 1. The summed E-state index contributed by atoms with van der Waals surface area (Å²) < 4.78 is 0. The first kappa shape index (κ1) is 14.5. The van der Waals surface area contributed by atoms with Crippen molar-refractivity contribution in [1.82, 2.24) is 15.2 Å². The lowest BCUT2D eigenvalue weighted by molar-refractivity contribution is 0.0731. The zero-order valence-corrected chi connectivity index (χ0v) is 12.6. The number of aromatic nitrogens is 1. The summed E-state index contributed by atoms with van der Waals surface area (Å²) in [5.41, 5.74) is 0.574. The standard InChI is InChI=1S/C12H13N3OS2.ClH/c16-12(15-5-3-13-4-6-15)9-8-18-11(14-9)10-2-1-7-17-10;/h1-2,7-8,13H,3-6H2;1H. The Morgan fingerprint density at radius 1 is 1.32 bits per heavy atom. The van der Waals surface area contributed by atoms with Crippen molar-refractivity contribution >= 4 is 41.0 Å². The first-order chi connectivity index (χ1) is 8.84. The Morgan fingerprint density at radius 3 is 2.79 bits per heavy atom. The van der Waals surface area contributed by atoms with Crippen LogP contribution >= 0.6 is 35.1 Å². The normalized spacial score (nSPS) is 15.1. The molecule has 1 aliphatic rings. The van der Waals surface area contributed by atoms with Crippen LogP contribution in [0.2, 0.25) is 0 Å². The number of nitrogens with one attached hydrogen (secondary N) is 1. The summed E-state index contributed by atoms with van der Waals surface area (Å²) in [6, 6.07) is 4.03. The summed E-state index contributed by atoms with van der Waals surface area (Å²) in [6.45, 7) is 3.27. The van der Waals surface area contributed by atoms with Crippen LogP contribution in [-0.2, 0) is 0 Å². The Balaban J connectivity index is 0.00000133. The number of piperazine rings is 1. The van der Waals surface area contributed by atoms with Gasteiger partial charge in [-0.2, -0.15) is 0 Å². The molecule has 1 N–H and O–H groups in total. The van der Waals surface area contributed by atoms with E-state index in [4.69, 9.17) is 0 Å². The van der Waals surface area contributed by atoms with E-state index in [1.807, 2.05) is 27.8 Å². The molecule has 7 heteroatoms. The molecule has 0 radical (unpaired) electrons. The summed E-state index contributed by atoms with van der Waals surface area (Å²) >= 11 is 3.19. The van der Waals surface area contributed by atoms with Crippen LogP contribution in [0.15, 0.2) is 22.9 Å². The van der Waals surface area contributed by atoms with Crippen molar-refractivity contribution in [3.05, 3.63) is 28.6 Å². The molecule has 19 heavy (non-hydrogen) atoms. The molecule has 0 atom stereocenters. The molecule has 1 amide bonds. The summed E-state index contributed by atoms with van der Waals surface area (Å²) in [6.07, 6.45) is 0. The highest BCUT2D eigenvalue weighted by molar-refractivity contribution is 7.20. The maximum absolute atomic E-state index is 12.2. The van der Waals surface area contributed by atoms with Crippen molar-refractivity contribution in [2.45, 2.75) is 0 Å². The minimum absolute atomic E-state index is 0. The van der Waals surface area contributed by atoms with Gasteiger partial charge < -0.3 is 10.2 Å². The lowest BCUT2D eigenvalue weighted by Crippen LogP contribution is -2.46. The van der Waals surface area contributed by atoms with Crippen LogP contribution in [0.1, 0.15) is 10.5 Å². The topological polar surface area (TPSA) is 45.2 Å². The van der Waals surface area contributed by atoms with Crippen LogP contribution in [0.25, 0.3) is 9.88 Å². The van der Waals surface area contributed by atoms with Gasteiger partial charge in [0.15, 0.2) is 0 Å². The molecule has 1 fully saturated rings. The molecular formula is C12H14ClN3OS2. The van der Waals surface area contributed by atoms with E-state index < -0.39 is 0 Å². The molecule has 1 aliphatic heterocycles.